The van der Waals surface area contributed by atoms with Gasteiger partial charge < -0.3 is 9.13 Å². The van der Waals surface area contributed by atoms with E-state index in [1.807, 2.05) is 0 Å². The lowest BCUT2D eigenvalue weighted by molar-refractivity contribution is 1.19. The van der Waals surface area contributed by atoms with Crippen LogP contribution >= 0.6 is 0 Å². The fraction of sp³-hybridized carbons (Fsp3) is 0. The highest BCUT2D eigenvalue weighted by Crippen LogP contribution is 2.48. The Labute approximate surface area is 357 Å². The molecular weight excluding hydrogens is 749 g/mol. The molecule has 0 spiro atoms. The predicted octanol–water partition coefficient (Wildman–Crippen LogP) is 16.4. The first kappa shape index (κ1) is 33.6. The molecule has 0 unspecified atom stereocenters. The third-order valence-electron chi connectivity index (χ3n) is 13.6. The molecule has 0 radical (unpaired) electrons. The molecule has 0 bridgehead atoms. The van der Waals surface area contributed by atoms with E-state index in [1.54, 1.807) is 0 Å². The van der Waals surface area contributed by atoms with E-state index in [9.17, 15) is 0 Å². The molecule has 2 nitrogen and oxygen atoms in total. The number of hydrogen-bond donors (Lipinski definition) is 0. The largest absolute Gasteiger partial charge is 0.308 e. The number of nitrogens with zero attached hydrogens (tertiary/aromatic N) is 2. The second kappa shape index (κ2) is 12.7. The van der Waals surface area contributed by atoms with Crippen molar-refractivity contribution in [2.45, 2.75) is 0 Å². The first-order valence-electron chi connectivity index (χ1n) is 21.5. The maximum absolute atomic E-state index is 2.51. The van der Waals surface area contributed by atoms with E-state index < -0.39 is 0 Å². The van der Waals surface area contributed by atoms with Gasteiger partial charge in [0.2, 0.25) is 0 Å². The SMILES string of the molecule is c1ccc(-n2c3c(-c4ccc5ccc6c(-c7cccc8c9ccc%10ccccc%10c9n(-c9ccccc9)c78)ccc7ccc4c5c76)cccc3c3ccc4ccccc4c32)cc1. The van der Waals surface area contributed by atoms with Crippen LogP contribution in [-0.2, 0) is 0 Å². The Morgan fingerprint density at radius 2 is 0.548 bits per heavy atom. The van der Waals surface area contributed by atoms with Crippen LogP contribution < -0.4 is 0 Å². The van der Waals surface area contributed by atoms with Crippen LogP contribution in [0.25, 0.3) is 131 Å². The van der Waals surface area contributed by atoms with E-state index in [1.165, 1.54) is 120 Å². The minimum absolute atomic E-state index is 1.16. The highest BCUT2D eigenvalue weighted by Gasteiger charge is 2.23. The van der Waals surface area contributed by atoms with Crippen LogP contribution in [0.4, 0.5) is 0 Å². The molecule has 0 atom stereocenters. The molecule has 14 rings (SSSR count). The predicted molar refractivity (Wildman–Crippen MR) is 265 cm³/mol. The molecule has 0 saturated carbocycles. The highest BCUT2D eigenvalue weighted by atomic mass is 15.0. The summed E-state index contributed by atoms with van der Waals surface area (Å²) >= 11 is 0. The van der Waals surface area contributed by atoms with Gasteiger partial charge in [0.25, 0.3) is 0 Å². The molecular formula is C60H36N2. The van der Waals surface area contributed by atoms with E-state index in [0.717, 1.165) is 11.4 Å². The Kier molecular flexibility index (Phi) is 6.86. The summed E-state index contributed by atoms with van der Waals surface area (Å²) in [7, 11) is 0. The van der Waals surface area contributed by atoms with E-state index in [0.29, 0.717) is 0 Å². The summed E-state index contributed by atoms with van der Waals surface area (Å²) in [6.07, 6.45) is 0. The number of rotatable bonds is 4. The molecule has 14 aromatic rings. The quantitative estimate of drug-likeness (QED) is 0.157. The van der Waals surface area contributed by atoms with Gasteiger partial charge in [-0.05, 0) is 78.5 Å². The Morgan fingerprint density at radius 3 is 1.02 bits per heavy atom. The van der Waals surface area contributed by atoms with Gasteiger partial charge >= 0.3 is 0 Å². The minimum Gasteiger partial charge on any atom is -0.308 e. The van der Waals surface area contributed by atoms with Crippen molar-refractivity contribution in [1.82, 2.24) is 9.13 Å². The fourth-order valence-corrected chi connectivity index (χ4v) is 11.0. The Morgan fingerprint density at radius 1 is 0.194 bits per heavy atom. The number of aromatic nitrogens is 2. The van der Waals surface area contributed by atoms with Crippen LogP contribution in [0.15, 0.2) is 218 Å². The zero-order valence-electron chi connectivity index (χ0n) is 33.7. The monoisotopic (exact) mass is 784 g/mol. The summed E-state index contributed by atoms with van der Waals surface area (Å²) in [5.41, 5.74) is 12.2. The molecule has 0 aliphatic rings. The first-order chi connectivity index (χ1) is 30.8. The lowest BCUT2D eigenvalue weighted by Gasteiger charge is -2.18. The van der Waals surface area contributed by atoms with Crippen molar-refractivity contribution in [2.75, 3.05) is 0 Å². The summed E-state index contributed by atoms with van der Waals surface area (Å²) in [5.74, 6) is 0. The zero-order chi connectivity index (χ0) is 40.5. The van der Waals surface area contributed by atoms with Gasteiger partial charge in [0.1, 0.15) is 0 Å². The molecule has 12 aromatic carbocycles. The van der Waals surface area contributed by atoms with Crippen molar-refractivity contribution in [1.29, 1.82) is 0 Å². The standard InChI is InChI=1S/C60H36N2/c1-3-15-41(16-4-1)61-57-43-19-9-7-13-37(43)25-35-53(57)51-23-11-21-49(59(51)61)45-31-27-39-30-34-48-46(32-28-40-29-33-47(45)55(39)56(40)48)50-22-12-24-52-54-36-26-38-14-8-10-20-44(38)58(54)62(60(50)52)42-17-5-2-6-18-42/h1-36H. The number of fused-ring (bicyclic) bond motifs is 10. The second-order valence-electron chi connectivity index (χ2n) is 16.8. The van der Waals surface area contributed by atoms with Crippen molar-refractivity contribution in [3.05, 3.63) is 218 Å². The van der Waals surface area contributed by atoms with Gasteiger partial charge in [-0.3, -0.25) is 0 Å². The van der Waals surface area contributed by atoms with Crippen LogP contribution in [0.3, 0.4) is 0 Å². The van der Waals surface area contributed by atoms with Crippen molar-refractivity contribution in [3.63, 3.8) is 0 Å². The Bertz CT molecular complexity index is 3860. The Hall–Kier alpha value is -8.20. The van der Waals surface area contributed by atoms with Crippen LogP contribution in [0, 0.1) is 0 Å². The summed E-state index contributed by atoms with van der Waals surface area (Å²) in [6, 6.07) is 81.1. The third-order valence-corrected chi connectivity index (χ3v) is 13.6. The number of hydrogen-bond acceptors (Lipinski definition) is 0. The summed E-state index contributed by atoms with van der Waals surface area (Å²) < 4.78 is 5.02. The average Bonchev–Trinajstić information content (AvgIpc) is 3.88. The maximum Gasteiger partial charge on any atom is 0.0619 e. The van der Waals surface area contributed by atoms with Gasteiger partial charge in [-0.1, -0.05) is 194 Å². The molecule has 0 saturated heterocycles. The Balaban J connectivity index is 1.07. The van der Waals surface area contributed by atoms with Crippen LogP contribution in [0.5, 0.6) is 0 Å². The van der Waals surface area contributed by atoms with Crippen LogP contribution in [0.2, 0.25) is 0 Å². The smallest absolute Gasteiger partial charge is 0.0619 e. The van der Waals surface area contributed by atoms with E-state index in [-0.39, 0.29) is 0 Å². The maximum atomic E-state index is 2.51. The lowest BCUT2D eigenvalue weighted by atomic mass is 9.86. The molecule has 286 valence electrons. The third kappa shape index (κ3) is 4.53. The molecule has 0 aliphatic carbocycles. The van der Waals surface area contributed by atoms with Crippen molar-refractivity contribution in [2.24, 2.45) is 0 Å². The molecule has 0 amide bonds. The molecule has 2 heteroatoms. The molecule has 0 N–H and O–H groups in total. The van der Waals surface area contributed by atoms with E-state index >= 15 is 0 Å². The van der Waals surface area contributed by atoms with Crippen LogP contribution in [-0.4, -0.2) is 9.13 Å². The van der Waals surface area contributed by atoms with Crippen molar-refractivity contribution in [3.8, 4) is 33.6 Å². The molecule has 0 fully saturated rings. The van der Waals surface area contributed by atoms with E-state index in [4.69, 9.17) is 0 Å². The van der Waals surface area contributed by atoms with Crippen LogP contribution in [0.1, 0.15) is 0 Å². The van der Waals surface area contributed by atoms with Gasteiger partial charge in [0.15, 0.2) is 0 Å². The first-order valence-corrected chi connectivity index (χ1v) is 21.5. The molecule has 0 aliphatic heterocycles. The lowest BCUT2D eigenvalue weighted by Crippen LogP contribution is -1.97. The molecule has 62 heavy (non-hydrogen) atoms. The van der Waals surface area contributed by atoms with Crippen molar-refractivity contribution >= 4 is 97.5 Å². The van der Waals surface area contributed by atoms with Gasteiger partial charge in [-0.15, -0.1) is 0 Å². The molecule has 2 aromatic heterocycles. The van der Waals surface area contributed by atoms with E-state index in [2.05, 4.69) is 228 Å². The van der Waals surface area contributed by atoms with Gasteiger partial charge in [-0.2, -0.15) is 0 Å². The average molecular weight is 785 g/mol. The topological polar surface area (TPSA) is 9.86 Å². The summed E-state index contributed by atoms with van der Waals surface area (Å²) in [4.78, 5) is 0. The minimum atomic E-state index is 1.16. The fourth-order valence-electron chi connectivity index (χ4n) is 11.0. The van der Waals surface area contributed by atoms with Gasteiger partial charge in [0.05, 0.1) is 22.1 Å². The zero-order valence-corrected chi connectivity index (χ0v) is 33.7. The van der Waals surface area contributed by atoms with Crippen molar-refractivity contribution < 1.29 is 0 Å². The normalized spacial score (nSPS) is 12.2. The highest BCUT2D eigenvalue weighted by molar-refractivity contribution is 6.30. The summed E-state index contributed by atoms with van der Waals surface area (Å²) in [6.45, 7) is 0. The molecule has 2 heterocycles. The number of para-hydroxylation sites is 4. The number of benzene rings is 12. The second-order valence-corrected chi connectivity index (χ2v) is 16.8. The van der Waals surface area contributed by atoms with Gasteiger partial charge in [-0.25, -0.2) is 0 Å². The summed E-state index contributed by atoms with van der Waals surface area (Å²) in [5, 5.41) is 17.7. The van der Waals surface area contributed by atoms with Gasteiger partial charge in [0, 0.05) is 54.8 Å².